The van der Waals surface area contributed by atoms with E-state index in [-0.39, 0.29) is 17.7 Å². The first-order chi connectivity index (χ1) is 13.6. The summed E-state index contributed by atoms with van der Waals surface area (Å²) in [6.45, 7) is 1.37. The first-order valence-electron chi connectivity index (χ1n) is 9.65. The summed E-state index contributed by atoms with van der Waals surface area (Å²) in [6, 6.07) is 10.8. The fraction of sp³-hybridized carbons (Fsp3) is 0.381. The number of anilines is 2. The molecule has 0 saturated carbocycles. The Labute approximate surface area is 168 Å². The molecule has 2 aliphatic heterocycles. The van der Waals surface area contributed by atoms with Crippen LogP contribution in [-0.2, 0) is 20.8 Å². The highest BCUT2D eigenvalue weighted by atomic mass is 32.1. The number of carbonyl (C=O) groups excluding carboxylic acids is 3. The van der Waals surface area contributed by atoms with Crippen LogP contribution >= 0.6 is 11.3 Å². The van der Waals surface area contributed by atoms with Gasteiger partial charge in [0.15, 0.2) is 0 Å². The smallest absolute Gasteiger partial charge is 0.247 e. The van der Waals surface area contributed by atoms with E-state index in [2.05, 4.69) is 5.32 Å². The third kappa shape index (κ3) is 3.94. The highest BCUT2D eigenvalue weighted by molar-refractivity contribution is 7.10. The Morgan fingerprint density at radius 2 is 1.93 bits per heavy atom. The zero-order valence-electron chi connectivity index (χ0n) is 15.6. The molecule has 1 aromatic carbocycles. The van der Waals surface area contributed by atoms with Crippen molar-refractivity contribution in [3.63, 3.8) is 0 Å². The molecule has 2 fully saturated rings. The molecule has 146 valence electrons. The van der Waals surface area contributed by atoms with Gasteiger partial charge >= 0.3 is 0 Å². The second-order valence-electron chi connectivity index (χ2n) is 7.19. The topological polar surface area (TPSA) is 69.7 Å². The summed E-state index contributed by atoms with van der Waals surface area (Å²) in [5, 5.41) is 4.88. The van der Waals surface area contributed by atoms with Crippen LogP contribution in [0.25, 0.3) is 0 Å². The SMILES string of the molecule is O=C(Nc1ccc(N2CCCC2=O)cc1)C1CCCN1C(=O)Cc1cccs1. The van der Waals surface area contributed by atoms with Crippen molar-refractivity contribution in [2.75, 3.05) is 23.3 Å². The lowest BCUT2D eigenvalue weighted by atomic mass is 10.2. The van der Waals surface area contributed by atoms with Gasteiger partial charge < -0.3 is 15.1 Å². The van der Waals surface area contributed by atoms with E-state index in [4.69, 9.17) is 0 Å². The molecule has 1 unspecified atom stereocenters. The third-order valence-electron chi connectivity index (χ3n) is 5.30. The summed E-state index contributed by atoms with van der Waals surface area (Å²) < 4.78 is 0. The van der Waals surface area contributed by atoms with Gasteiger partial charge in [0.2, 0.25) is 17.7 Å². The van der Waals surface area contributed by atoms with Gasteiger partial charge in [-0.3, -0.25) is 14.4 Å². The minimum absolute atomic E-state index is 0.00277. The van der Waals surface area contributed by atoms with Gasteiger partial charge in [0.05, 0.1) is 6.42 Å². The summed E-state index contributed by atoms with van der Waals surface area (Å²) in [6.07, 6.45) is 3.34. The minimum Gasteiger partial charge on any atom is -0.330 e. The Balaban J connectivity index is 1.38. The van der Waals surface area contributed by atoms with Gasteiger partial charge in [0, 0.05) is 35.8 Å². The second kappa shape index (κ2) is 8.14. The van der Waals surface area contributed by atoms with Crippen molar-refractivity contribution in [1.29, 1.82) is 0 Å². The Morgan fingerprint density at radius 1 is 1.11 bits per heavy atom. The van der Waals surface area contributed by atoms with E-state index in [9.17, 15) is 14.4 Å². The van der Waals surface area contributed by atoms with Gasteiger partial charge in [-0.1, -0.05) is 6.07 Å². The number of thiophene rings is 1. The molecule has 28 heavy (non-hydrogen) atoms. The number of carbonyl (C=O) groups is 3. The predicted molar refractivity (Wildman–Crippen MR) is 109 cm³/mol. The van der Waals surface area contributed by atoms with Crippen LogP contribution in [0.4, 0.5) is 11.4 Å². The average molecular weight is 398 g/mol. The molecular weight excluding hydrogens is 374 g/mol. The summed E-state index contributed by atoms with van der Waals surface area (Å²) in [5.74, 6) is -0.00680. The molecule has 7 heteroatoms. The first-order valence-corrected chi connectivity index (χ1v) is 10.5. The molecule has 3 amide bonds. The van der Waals surface area contributed by atoms with Gasteiger partial charge in [-0.25, -0.2) is 0 Å². The van der Waals surface area contributed by atoms with Crippen molar-refractivity contribution in [2.45, 2.75) is 38.1 Å². The van der Waals surface area contributed by atoms with E-state index in [1.807, 2.05) is 41.8 Å². The highest BCUT2D eigenvalue weighted by Gasteiger charge is 2.34. The number of amides is 3. The number of nitrogens with one attached hydrogen (secondary N) is 1. The van der Waals surface area contributed by atoms with Crippen molar-refractivity contribution in [1.82, 2.24) is 4.90 Å². The maximum atomic E-state index is 12.8. The molecule has 0 radical (unpaired) electrons. The summed E-state index contributed by atoms with van der Waals surface area (Å²) in [4.78, 5) is 41.7. The molecule has 2 aliphatic rings. The summed E-state index contributed by atoms with van der Waals surface area (Å²) in [7, 11) is 0. The Bertz CT molecular complexity index is 864. The van der Waals surface area contributed by atoms with Crippen LogP contribution < -0.4 is 10.2 Å². The van der Waals surface area contributed by atoms with E-state index >= 15 is 0 Å². The van der Waals surface area contributed by atoms with Gasteiger partial charge in [-0.15, -0.1) is 11.3 Å². The lowest BCUT2D eigenvalue weighted by Gasteiger charge is -2.24. The van der Waals surface area contributed by atoms with Crippen molar-refractivity contribution in [3.05, 3.63) is 46.7 Å². The summed E-state index contributed by atoms with van der Waals surface area (Å²) >= 11 is 1.56. The van der Waals surface area contributed by atoms with Crippen LogP contribution in [0.15, 0.2) is 41.8 Å². The van der Waals surface area contributed by atoms with Crippen LogP contribution in [-0.4, -0.2) is 41.8 Å². The monoisotopic (exact) mass is 397 g/mol. The van der Waals surface area contributed by atoms with E-state index in [1.54, 1.807) is 21.1 Å². The standard InChI is InChI=1S/C21H23N3O3S/c25-19-6-2-11-23(19)16-9-7-15(8-10-16)22-21(27)18-5-1-12-24(18)20(26)14-17-4-3-13-28-17/h3-4,7-10,13,18H,1-2,5-6,11-12,14H2,(H,22,27). The lowest BCUT2D eigenvalue weighted by molar-refractivity contribution is -0.136. The third-order valence-corrected chi connectivity index (χ3v) is 6.18. The van der Waals surface area contributed by atoms with Crippen molar-refractivity contribution in [3.8, 4) is 0 Å². The first kappa shape index (κ1) is 18.7. The fourth-order valence-corrected chi connectivity index (χ4v) is 4.57. The Morgan fingerprint density at radius 3 is 2.61 bits per heavy atom. The van der Waals surface area contributed by atoms with Gasteiger partial charge in [0.1, 0.15) is 6.04 Å². The van der Waals surface area contributed by atoms with Crippen LogP contribution in [0.5, 0.6) is 0 Å². The van der Waals surface area contributed by atoms with Gasteiger partial charge in [-0.05, 0) is 55.0 Å². The van der Waals surface area contributed by atoms with Gasteiger partial charge in [0.25, 0.3) is 0 Å². The van der Waals surface area contributed by atoms with Crippen molar-refractivity contribution < 1.29 is 14.4 Å². The molecule has 1 N–H and O–H groups in total. The molecule has 0 bridgehead atoms. The fourth-order valence-electron chi connectivity index (χ4n) is 3.87. The summed E-state index contributed by atoms with van der Waals surface area (Å²) in [5.41, 5.74) is 1.53. The van der Waals surface area contributed by atoms with Crippen LogP contribution in [0.1, 0.15) is 30.6 Å². The van der Waals surface area contributed by atoms with Crippen LogP contribution in [0.2, 0.25) is 0 Å². The quantitative estimate of drug-likeness (QED) is 0.843. The average Bonchev–Trinajstić information content (AvgIpc) is 3.44. The minimum atomic E-state index is -0.424. The van der Waals surface area contributed by atoms with E-state index < -0.39 is 6.04 Å². The largest absolute Gasteiger partial charge is 0.330 e. The Hall–Kier alpha value is -2.67. The number of nitrogens with zero attached hydrogens (tertiary/aromatic N) is 2. The molecule has 2 aromatic rings. The molecule has 2 saturated heterocycles. The van der Waals surface area contributed by atoms with Crippen molar-refractivity contribution >= 4 is 40.4 Å². The predicted octanol–water partition coefficient (Wildman–Crippen LogP) is 3.05. The molecule has 3 heterocycles. The zero-order valence-corrected chi connectivity index (χ0v) is 16.4. The molecule has 6 nitrogen and oxygen atoms in total. The number of hydrogen-bond donors (Lipinski definition) is 1. The van der Waals surface area contributed by atoms with Gasteiger partial charge in [-0.2, -0.15) is 0 Å². The molecule has 1 aromatic heterocycles. The van der Waals surface area contributed by atoms with E-state index in [0.717, 1.165) is 30.0 Å². The maximum Gasteiger partial charge on any atom is 0.247 e. The molecular formula is C21H23N3O3S. The van der Waals surface area contributed by atoms with Crippen molar-refractivity contribution in [2.24, 2.45) is 0 Å². The number of likely N-dealkylation sites (tertiary alicyclic amines) is 1. The second-order valence-corrected chi connectivity index (χ2v) is 8.22. The number of hydrogen-bond acceptors (Lipinski definition) is 4. The molecule has 0 aliphatic carbocycles. The van der Waals surface area contributed by atoms with Crippen LogP contribution in [0, 0.1) is 0 Å². The molecule has 4 rings (SSSR count). The highest BCUT2D eigenvalue weighted by Crippen LogP contribution is 2.25. The molecule has 0 spiro atoms. The van der Waals surface area contributed by atoms with Crippen LogP contribution in [0.3, 0.4) is 0 Å². The van der Waals surface area contributed by atoms with E-state index in [0.29, 0.717) is 31.5 Å². The lowest BCUT2D eigenvalue weighted by Crippen LogP contribution is -2.43. The maximum absolute atomic E-state index is 12.8. The number of benzene rings is 1. The zero-order chi connectivity index (χ0) is 19.5. The molecule has 1 atom stereocenters. The normalized spacial score (nSPS) is 19.3. The number of rotatable bonds is 5. The Kier molecular flexibility index (Phi) is 5.43. The van der Waals surface area contributed by atoms with E-state index in [1.165, 1.54) is 0 Å².